The second-order valence-electron chi connectivity index (χ2n) is 3.95. The van der Waals surface area contributed by atoms with Crippen LogP contribution in [0.2, 0.25) is 0 Å². The summed E-state index contributed by atoms with van der Waals surface area (Å²) < 4.78 is 14.1. The predicted molar refractivity (Wildman–Crippen MR) is 67.0 cm³/mol. The standard InChI is InChI=1S/C12H8FN3O2S/c13-8-3-1-7(2-4-8)5-10-14-12-16(15-10)9(6-19-12)11(17)18/h1-4,6H,5H2,(H,17,18). The van der Waals surface area contributed by atoms with Gasteiger partial charge in [0.25, 0.3) is 0 Å². The third-order valence-electron chi connectivity index (χ3n) is 2.62. The van der Waals surface area contributed by atoms with Gasteiger partial charge in [-0.3, -0.25) is 0 Å². The van der Waals surface area contributed by atoms with Crippen molar-refractivity contribution >= 4 is 22.3 Å². The molecule has 0 aliphatic rings. The van der Waals surface area contributed by atoms with E-state index in [4.69, 9.17) is 5.11 Å². The molecule has 0 unspecified atom stereocenters. The van der Waals surface area contributed by atoms with Crippen LogP contribution < -0.4 is 0 Å². The first-order valence-electron chi connectivity index (χ1n) is 5.44. The fourth-order valence-electron chi connectivity index (χ4n) is 1.73. The maximum Gasteiger partial charge on any atom is 0.355 e. The van der Waals surface area contributed by atoms with E-state index in [1.54, 1.807) is 12.1 Å². The average Bonchev–Trinajstić information content (AvgIpc) is 2.91. The van der Waals surface area contributed by atoms with E-state index in [1.165, 1.54) is 33.4 Å². The molecule has 0 radical (unpaired) electrons. The Hall–Kier alpha value is -2.28. The van der Waals surface area contributed by atoms with Crippen LogP contribution in [0.1, 0.15) is 21.9 Å². The molecule has 19 heavy (non-hydrogen) atoms. The van der Waals surface area contributed by atoms with E-state index < -0.39 is 5.97 Å². The molecule has 1 aromatic carbocycles. The highest BCUT2D eigenvalue weighted by Crippen LogP contribution is 2.16. The van der Waals surface area contributed by atoms with E-state index in [9.17, 15) is 9.18 Å². The molecule has 5 nitrogen and oxygen atoms in total. The maximum absolute atomic E-state index is 12.8. The van der Waals surface area contributed by atoms with Gasteiger partial charge >= 0.3 is 5.97 Å². The lowest BCUT2D eigenvalue weighted by molar-refractivity contribution is 0.0688. The van der Waals surface area contributed by atoms with Crippen molar-refractivity contribution in [3.63, 3.8) is 0 Å². The Kier molecular flexibility index (Phi) is 2.75. The molecular weight excluding hydrogens is 269 g/mol. The Morgan fingerprint density at radius 3 is 2.79 bits per heavy atom. The molecule has 0 fully saturated rings. The molecule has 96 valence electrons. The molecule has 1 N–H and O–H groups in total. The maximum atomic E-state index is 12.8. The minimum Gasteiger partial charge on any atom is -0.476 e. The van der Waals surface area contributed by atoms with E-state index in [2.05, 4.69) is 10.1 Å². The van der Waals surface area contributed by atoms with Gasteiger partial charge in [0.2, 0.25) is 4.96 Å². The van der Waals surface area contributed by atoms with Crippen LogP contribution in [0.5, 0.6) is 0 Å². The molecule has 0 aliphatic carbocycles. The minimum absolute atomic E-state index is 0.0952. The number of carboxylic acid groups (broad SMARTS) is 1. The summed E-state index contributed by atoms with van der Waals surface area (Å²) in [7, 11) is 0. The molecule has 0 atom stereocenters. The van der Waals surface area contributed by atoms with Gasteiger partial charge in [-0.15, -0.1) is 16.4 Å². The number of rotatable bonds is 3. The number of hydrogen-bond acceptors (Lipinski definition) is 4. The Balaban J connectivity index is 1.93. The van der Waals surface area contributed by atoms with Crippen molar-refractivity contribution in [3.05, 3.63) is 52.5 Å². The van der Waals surface area contributed by atoms with E-state index >= 15 is 0 Å². The summed E-state index contributed by atoms with van der Waals surface area (Å²) in [6.07, 6.45) is 0.438. The Morgan fingerprint density at radius 1 is 1.37 bits per heavy atom. The van der Waals surface area contributed by atoms with Crippen LogP contribution in [0.25, 0.3) is 4.96 Å². The predicted octanol–water partition coefficient (Wildman–Crippen LogP) is 2.22. The van der Waals surface area contributed by atoms with Crippen molar-refractivity contribution in [2.75, 3.05) is 0 Å². The van der Waals surface area contributed by atoms with Gasteiger partial charge < -0.3 is 5.11 Å². The van der Waals surface area contributed by atoms with Gasteiger partial charge in [-0.2, -0.15) is 4.52 Å². The van der Waals surface area contributed by atoms with E-state index in [0.717, 1.165) is 5.56 Å². The summed E-state index contributed by atoms with van der Waals surface area (Å²) >= 11 is 1.22. The monoisotopic (exact) mass is 277 g/mol. The van der Waals surface area contributed by atoms with Gasteiger partial charge in [0.05, 0.1) is 0 Å². The third kappa shape index (κ3) is 2.19. The van der Waals surface area contributed by atoms with Crippen molar-refractivity contribution in [2.24, 2.45) is 0 Å². The molecule has 0 bridgehead atoms. The van der Waals surface area contributed by atoms with Crippen molar-refractivity contribution in [1.29, 1.82) is 0 Å². The number of hydrogen-bond donors (Lipinski definition) is 1. The van der Waals surface area contributed by atoms with Crippen LogP contribution in [-0.2, 0) is 6.42 Å². The Bertz CT molecular complexity index is 748. The zero-order valence-electron chi connectivity index (χ0n) is 9.58. The number of aromatic nitrogens is 3. The fourth-order valence-corrected chi connectivity index (χ4v) is 2.55. The number of aromatic carboxylic acids is 1. The summed E-state index contributed by atoms with van der Waals surface area (Å²) in [6, 6.07) is 6.05. The topological polar surface area (TPSA) is 67.5 Å². The Labute approximate surface area is 111 Å². The number of nitrogens with zero attached hydrogens (tertiary/aromatic N) is 3. The molecular formula is C12H8FN3O2S. The van der Waals surface area contributed by atoms with Gasteiger partial charge in [0.1, 0.15) is 5.82 Å². The molecule has 7 heteroatoms. The molecule has 0 saturated heterocycles. The number of halogens is 1. The number of carboxylic acids is 1. The molecule has 0 amide bonds. The third-order valence-corrected chi connectivity index (χ3v) is 3.44. The number of benzene rings is 1. The number of fused-ring (bicyclic) bond motifs is 1. The highest BCUT2D eigenvalue weighted by molar-refractivity contribution is 7.15. The van der Waals surface area contributed by atoms with Crippen LogP contribution in [0.15, 0.2) is 29.6 Å². The lowest BCUT2D eigenvalue weighted by Crippen LogP contribution is -2.02. The van der Waals surface area contributed by atoms with Crippen LogP contribution in [-0.4, -0.2) is 25.7 Å². The zero-order chi connectivity index (χ0) is 13.4. The highest BCUT2D eigenvalue weighted by Gasteiger charge is 2.14. The lowest BCUT2D eigenvalue weighted by Gasteiger charge is -1.96. The zero-order valence-corrected chi connectivity index (χ0v) is 10.4. The molecule has 3 aromatic rings. The Morgan fingerprint density at radius 2 is 2.11 bits per heavy atom. The van der Waals surface area contributed by atoms with Gasteiger partial charge in [-0.05, 0) is 17.7 Å². The van der Waals surface area contributed by atoms with Crippen molar-refractivity contribution in [2.45, 2.75) is 6.42 Å². The minimum atomic E-state index is -1.04. The van der Waals surface area contributed by atoms with Gasteiger partial charge in [0.15, 0.2) is 11.5 Å². The van der Waals surface area contributed by atoms with Crippen LogP contribution in [0.3, 0.4) is 0 Å². The molecule has 2 aromatic heterocycles. The smallest absolute Gasteiger partial charge is 0.355 e. The van der Waals surface area contributed by atoms with Gasteiger partial charge in [-0.25, -0.2) is 14.2 Å². The quantitative estimate of drug-likeness (QED) is 0.797. The first kappa shape index (κ1) is 11.8. The molecule has 3 rings (SSSR count). The molecule has 2 heterocycles. The largest absolute Gasteiger partial charge is 0.476 e. The molecule has 0 spiro atoms. The van der Waals surface area contributed by atoms with Crippen molar-refractivity contribution in [1.82, 2.24) is 14.6 Å². The average molecular weight is 277 g/mol. The molecule has 0 aliphatic heterocycles. The summed E-state index contributed by atoms with van der Waals surface area (Å²) in [5.41, 5.74) is 0.967. The lowest BCUT2D eigenvalue weighted by atomic mass is 10.1. The second-order valence-corrected chi connectivity index (χ2v) is 4.79. The summed E-state index contributed by atoms with van der Waals surface area (Å²) in [5, 5.41) is 14.6. The first-order valence-corrected chi connectivity index (χ1v) is 6.32. The van der Waals surface area contributed by atoms with Crippen LogP contribution in [0.4, 0.5) is 4.39 Å². The molecule has 0 saturated carbocycles. The second kappa shape index (κ2) is 4.43. The van der Waals surface area contributed by atoms with Crippen molar-refractivity contribution in [3.8, 4) is 0 Å². The van der Waals surface area contributed by atoms with Gasteiger partial charge in [-0.1, -0.05) is 12.1 Å². The van der Waals surface area contributed by atoms with Crippen molar-refractivity contribution < 1.29 is 14.3 Å². The SMILES string of the molecule is O=C(O)c1csc2nc(Cc3ccc(F)cc3)nn12. The normalized spacial score (nSPS) is 11.0. The van der Waals surface area contributed by atoms with Crippen LogP contribution >= 0.6 is 11.3 Å². The van der Waals surface area contributed by atoms with Gasteiger partial charge in [0, 0.05) is 11.8 Å². The van der Waals surface area contributed by atoms with E-state index in [1.807, 2.05) is 0 Å². The first-order chi connectivity index (χ1) is 9.13. The highest BCUT2D eigenvalue weighted by atomic mass is 32.1. The summed E-state index contributed by atoms with van der Waals surface area (Å²) in [5.74, 6) is -0.818. The van der Waals surface area contributed by atoms with E-state index in [0.29, 0.717) is 17.2 Å². The summed E-state index contributed by atoms with van der Waals surface area (Å²) in [4.78, 5) is 15.7. The van der Waals surface area contributed by atoms with Crippen LogP contribution in [0, 0.1) is 5.82 Å². The number of carbonyl (C=O) groups is 1. The number of thiazole rings is 1. The summed E-state index contributed by atoms with van der Waals surface area (Å²) in [6.45, 7) is 0. The van der Waals surface area contributed by atoms with E-state index in [-0.39, 0.29) is 11.5 Å². The fraction of sp³-hybridized carbons (Fsp3) is 0.0833.